The number of rotatable bonds is 4. The number of fused-ring (bicyclic) bond motifs is 1. The molecule has 0 saturated heterocycles. The van der Waals surface area contributed by atoms with Crippen LogP contribution in [0.1, 0.15) is 6.42 Å². The smallest absolute Gasteiger partial charge is 0.219 e. The van der Waals surface area contributed by atoms with E-state index in [0.29, 0.717) is 17.5 Å². The highest BCUT2D eigenvalue weighted by Gasteiger charge is 2.06. The molecular weight excluding hydrogens is 240 g/mol. The molecule has 0 aliphatic rings. The Kier molecular flexibility index (Phi) is 3.39. The zero-order valence-corrected chi connectivity index (χ0v) is 9.74. The molecule has 2 rings (SSSR count). The van der Waals surface area contributed by atoms with E-state index in [4.69, 9.17) is 17.3 Å². The van der Waals surface area contributed by atoms with Crippen molar-refractivity contribution in [3.05, 3.63) is 29.4 Å². The van der Waals surface area contributed by atoms with Crippen molar-refractivity contribution in [1.29, 1.82) is 0 Å². The average molecular weight is 251 g/mol. The fraction of sp³-hybridized carbons (Fsp3) is 0.182. The van der Waals surface area contributed by atoms with Crippen LogP contribution in [0.25, 0.3) is 10.8 Å². The summed E-state index contributed by atoms with van der Waals surface area (Å²) in [6.45, 7) is 0.426. The summed E-state index contributed by atoms with van der Waals surface area (Å²) in [5, 5.41) is 12.9. The second kappa shape index (κ2) is 4.97. The minimum atomic E-state index is -0.358. The third-order valence-corrected chi connectivity index (χ3v) is 2.59. The molecule has 88 valence electrons. The number of nitrogens with zero attached hydrogens (tertiary/aromatic N) is 2. The highest BCUT2D eigenvalue weighted by atomic mass is 35.5. The number of hydrogen-bond donors (Lipinski definition) is 2. The maximum atomic E-state index is 10.6. The quantitative estimate of drug-likeness (QED) is 0.863. The van der Waals surface area contributed by atoms with Crippen LogP contribution in [-0.2, 0) is 4.79 Å². The molecule has 3 N–H and O–H groups in total. The van der Waals surface area contributed by atoms with Crippen molar-refractivity contribution < 1.29 is 4.79 Å². The van der Waals surface area contributed by atoms with E-state index in [0.717, 1.165) is 10.8 Å². The highest BCUT2D eigenvalue weighted by Crippen LogP contribution is 2.25. The fourth-order valence-corrected chi connectivity index (χ4v) is 1.71. The van der Waals surface area contributed by atoms with E-state index >= 15 is 0 Å². The first-order chi connectivity index (χ1) is 8.18. The van der Waals surface area contributed by atoms with Crippen LogP contribution in [-0.4, -0.2) is 22.6 Å². The van der Waals surface area contributed by atoms with Crippen LogP contribution in [0, 0.1) is 0 Å². The summed E-state index contributed by atoms with van der Waals surface area (Å²) in [5.41, 5.74) is 5.06. The van der Waals surface area contributed by atoms with Crippen LogP contribution in [0.5, 0.6) is 0 Å². The van der Waals surface area contributed by atoms with Gasteiger partial charge in [0.15, 0.2) is 11.0 Å². The normalized spacial score (nSPS) is 10.4. The molecule has 2 aromatic rings. The van der Waals surface area contributed by atoms with Crippen molar-refractivity contribution in [1.82, 2.24) is 10.2 Å². The number of benzene rings is 1. The van der Waals surface area contributed by atoms with Gasteiger partial charge in [-0.15, -0.1) is 10.2 Å². The van der Waals surface area contributed by atoms with E-state index in [9.17, 15) is 4.79 Å². The molecule has 0 atom stereocenters. The highest BCUT2D eigenvalue weighted by molar-refractivity contribution is 6.34. The van der Waals surface area contributed by atoms with E-state index in [-0.39, 0.29) is 12.3 Å². The number of primary amides is 1. The Morgan fingerprint density at radius 2 is 2.00 bits per heavy atom. The van der Waals surface area contributed by atoms with Gasteiger partial charge in [0, 0.05) is 23.7 Å². The van der Waals surface area contributed by atoms with Gasteiger partial charge in [0.25, 0.3) is 0 Å². The molecule has 1 aromatic carbocycles. The lowest BCUT2D eigenvalue weighted by Crippen LogP contribution is -2.16. The lowest BCUT2D eigenvalue weighted by Gasteiger charge is -2.07. The lowest BCUT2D eigenvalue weighted by molar-refractivity contribution is -0.117. The van der Waals surface area contributed by atoms with Gasteiger partial charge in [-0.1, -0.05) is 35.9 Å². The largest absolute Gasteiger partial charge is 0.370 e. The number of aromatic nitrogens is 2. The summed E-state index contributed by atoms with van der Waals surface area (Å²) < 4.78 is 0. The third kappa shape index (κ3) is 2.62. The van der Waals surface area contributed by atoms with Gasteiger partial charge in [-0.2, -0.15) is 0 Å². The van der Waals surface area contributed by atoms with Crippen molar-refractivity contribution in [2.75, 3.05) is 11.9 Å². The van der Waals surface area contributed by atoms with E-state index in [1.807, 2.05) is 24.3 Å². The monoisotopic (exact) mass is 250 g/mol. The molecule has 0 radical (unpaired) electrons. The molecule has 5 nitrogen and oxygen atoms in total. The minimum Gasteiger partial charge on any atom is -0.370 e. The number of nitrogens with one attached hydrogen (secondary N) is 1. The van der Waals surface area contributed by atoms with E-state index in [1.165, 1.54) is 0 Å². The molecule has 0 spiro atoms. The fourth-order valence-electron chi connectivity index (χ4n) is 1.51. The van der Waals surface area contributed by atoms with E-state index in [1.54, 1.807) is 0 Å². The summed E-state index contributed by atoms with van der Waals surface area (Å²) in [5.74, 6) is 0.245. The van der Waals surface area contributed by atoms with Crippen LogP contribution >= 0.6 is 11.6 Å². The van der Waals surface area contributed by atoms with Crippen LogP contribution in [0.2, 0.25) is 5.15 Å². The van der Waals surface area contributed by atoms with Gasteiger partial charge in [-0.25, -0.2) is 0 Å². The van der Waals surface area contributed by atoms with Gasteiger partial charge in [0.05, 0.1) is 0 Å². The number of amides is 1. The summed E-state index contributed by atoms with van der Waals surface area (Å²) in [7, 11) is 0. The Bertz CT molecular complexity index is 558. The number of hydrogen-bond acceptors (Lipinski definition) is 4. The number of carbonyl (C=O) groups is 1. The second-order valence-electron chi connectivity index (χ2n) is 3.53. The molecule has 0 saturated carbocycles. The standard InChI is InChI=1S/C11H11ClN4O/c12-10-7-3-1-2-4-8(7)11(16-15-10)14-6-5-9(13)17/h1-4H,5-6H2,(H2,13,17)(H,14,16). The first kappa shape index (κ1) is 11.6. The molecule has 6 heteroatoms. The second-order valence-corrected chi connectivity index (χ2v) is 3.89. The molecule has 1 aromatic heterocycles. The molecule has 1 heterocycles. The van der Waals surface area contributed by atoms with Crippen LogP contribution in [0.3, 0.4) is 0 Å². The number of halogens is 1. The Morgan fingerprint density at radius 3 is 2.71 bits per heavy atom. The third-order valence-electron chi connectivity index (χ3n) is 2.31. The number of carbonyl (C=O) groups excluding carboxylic acids is 1. The van der Waals surface area contributed by atoms with Crippen molar-refractivity contribution in [3.8, 4) is 0 Å². The van der Waals surface area contributed by atoms with Crippen molar-refractivity contribution in [2.24, 2.45) is 5.73 Å². The lowest BCUT2D eigenvalue weighted by atomic mass is 10.2. The van der Waals surface area contributed by atoms with Gasteiger partial charge >= 0.3 is 0 Å². The maximum Gasteiger partial charge on any atom is 0.219 e. The zero-order valence-electron chi connectivity index (χ0n) is 8.98. The molecule has 0 fully saturated rings. The van der Waals surface area contributed by atoms with Crippen LogP contribution in [0.4, 0.5) is 5.82 Å². The molecular formula is C11H11ClN4O. The molecule has 0 unspecified atom stereocenters. The minimum absolute atomic E-state index is 0.249. The average Bonchev–Trinajstić information content (AvgIpc) is 2.32. The Hall–Kier alpha value is -1.88. The summed E-state index contributed by atoms with van der Waals surface area (Å²) >= 11 is 5.94. The van der Waals surface area contributed by atoms with Gasteiger partial charge in [0.1, 0.15) is 0 Å². The van der Waals surface area contributed by atoms with Gasteiger partial charge in [-0.3, -0.25) is 4.79 Å². The predicted octanol–water partition coefficient (Wildman–Crippen LogP) is 1.57. The zero-order chi connectivity index (χ0) is 12.3. The van der Waals surface area contributed by atoms with Crippen LogP contribution in [0.15, 0.2) is 24.3 Å². The summed E-state index contributed by atoms with van der Waals surface area (Å²) in [6.07, 6.45) is 0.249. The van der Waals surface area contributed by atoms with E-state index in [2.05, 4.69) is 15.5 Å². The molecule has 1 amide bonds. The Balaban J connectivity index is 2.28. The first-order valence-corrected chi connectivity index (χ1v) is 5.49. The SMILES string of the molecule is NC(=O)CCNc1nnc(Cl)c2ccccc12. The van der Waals surface area contributed by atoms with E-state index < -0.39 is 0 Å². The molecule has 0 aliphatic carbocycles. The molecule has 0 bridgehead atoms. The van der Waals surface area contributed by atoms with Crippen molar-refractivity contribution in [3.63, 3.8) is 0 Å². The first-order valence-electron chi connectivity index (χ1n) is 5.11. The van der Waals surface area contributed by atoms with Gasteiger partial charge in [-0.05, 0) is 0 Å². The van der Waals surface area contributed by atoms with Crippen molar-refractivity contribution >= 4 is 34.1 Å². The van der Waals surface area contributed by atoms with Gasteiger partial charge < -0.3 is 11.1 Å². The number of anilines is 1. The predicted molar refractivity (Wildman–Crippen MR) is 66.8 cm³/mol. The summed E-state index contributed by atoms with van der Waals surface area (Å²) in [4.78, 5) is 10.6. The topological polar surface area (TPSA) is 80.9 Å². The summed E-state index contributed by atoms with van der Waals surface area (Å²) in [6, 6.07) is 7.52. The van der Waals surface area contributed by atoms with Crippen LogP contribution < -0.4 is 11.1 Å². The molecule has 0 aliphatic heterocycles. The molecule has 17 heavy (non-hydrogen) atoms. The number of nitrogens with two attached hydrogens (primary N) is 1. The maximum absolute atomic E-state index is 10.6. The Labute approximate surface area is 103 Å². The Morgan fingerprint density at radius 1 is 1.29 bits per heavy atom. The van der Waals surface area contributed by atoms with Gasteiger partial charge in [0.2, 0.25) is 5.91 Å². The van der Waals surface area contributed by atoms with Crippen molar-refractivity contribution in [2.45, 2.75) is 6.42 Å².